The molecule has 1 unspecified atom stereocenters. The zero-order valence-corrected chi connectivity index (χ0v) is 14.8. The van der Waals surface area contributed by atoms with E-state index in [2.05, 4.69) is 9.97 Å². The Balaban J connectivity index is 1.68. The highest BCUT2D eigenvalue weighted by atomic mass is 35.5. The molecule has 0 amide bonds. The summed E-state index contributed by atoms with van der Waals surface area (Å²) < 4.78 is 32.5. The fourth-order valence-corrected chi connectivity index (χ4v) is 4.15. The average Bonchev–Trinajstić information content (AvgIpc) is 3.06. The van der Waals surface area contributed by atoms with Crippen LogP contribution in [0.3, 0.4) is 0 Å². The summed E-state index contributed by atoms with van der Waals surface area (Å²) in [7, 11) is -3.50. The second-order valence-corrected chi connectivity index (χ2v) is 7.95. The highest BCUT2D eigenvalue weighted by Crippen LogP contribution is 2.23. The van der Waals surface area contributed by atoms with Crippen LogP contribution in [0.25, 0.3) is 0 Å². The van der Waals surface area contributed by atoms with Crippen LogP contribution in [0.15, 0.2) is 41.6 Å². The van der Waals surface area contributed by atoms with Crippen molar-refractivity contribution in [1.29, 1.82) is 0 Å². The van der Waals surface area contributed by atoms with Crippen LogP contribution in [0.1, 0.15) is 18.9 Å². The lowest BCUT2D eigenvalue weighted by atomic mass is 10.2. The molecular weight excluding hydrogens is 350 g/mol. The van der Waals surface area contributed by atoms with Crippen LogP contribution in [0.4, 0.5) is 0 Å². The Morgan fingerprint density at radius 3 is 2.54 bits per heavy atom. The van der Waals surface area contributed by atoms with Gasteiger partial charge in [-0.05, 0) is 30.5 Å². The van der Waals surface area contributed by atoms with Gasteiger partial charge in [-0.2, -0.15) is 4.31 Å². The minimum absolute atomic E-state index is 0.205. The Bertz CT molecular complexity index is 794. The highest BCUT2D eigenvalue weighted by Gasteiger charge is 2.34. The van der Waals surface area contributed by atoms with Crippen molar-refractivity contribution in [3.63, 3.8) is 0 Å². The van der Waals surface area contributed by atoms with Crippen LogP contribution in [0, 0.1) is 0 Å². The van der Waals surface area contributed by atoms with Gasteiger partial charge in [-0.25, -0.2) is 18.4 Å². The number of aromatic nitrogens is 2. The van der Waals surface area contributed by atoms with E-state index < -0.39 is 10.0 Å². The number of hydrogen-bond acceptors (Lipinski definition) is 5. The molecule has 1 aliphatic rings. The van der Waals surface area contributed by atoms with Gasteiger partial charge < -0.3 is 4.74 Å². The molecule has 3 rings (SSSR count). The van der Waals surface area contributed by atoms with Gasteiger partial charge >= 0.3 is 6.01 Å². The van der Waals surface area contributed by atoms with Crippen molar-refractivity contribution >= 4 is 21.6 Å². The van der Waals surface area contributed by atoms with E-state index in [0.29, 0.717) is 22.9 Å². The molecular formula is C16H18ClN3O3S. The summed E-state index contributed by atoms with van der Waals surface area (Å²) in [5.74, 6) is 0. The second-order valence-electron chi connectivity index (χ2n) is 5.57. The quantitative estimate of drug-likeness (QED) is 0.812. The lowest BCUT2D eigenvalue weighted by Crippen LogP contribution is -2.31. The summed E-state index contributed by atoms with van der Waals surface area (Å²) in [6.07, 6.45) is 4.10. The first-order valence-electron chi connectivity index (χ1n) is 7.72. The van der Waals surface area contributed by atoms with Crippen LogP contribution in [-0.4, -0.2) is 41.9 Å². The first-order valence-corrected chi connectivity index (χ1v) is 9.54. The second kappa shape index (κ2) is 7.04. The Kier molecular flexibility index (Phi) is 5.03. The topological polar surface area (TPSA) is 72.4 Å². The number of aryl methyl sites for hydroxylation is 1. The third-order valence-corrected chi connectivity index (χ3v) is 6.02. The van der Waals surface area contributed by atoms with Gasteiger partial charge in [0.2, 0.25) is 10.0 Å². The maximum absolute atomic E-state index is 12.7. The average molecular weight is 368 g/mol. The molecule has 1 aromatic carbocycles. The highest BCUT2D eigenvalue weighted by molar-refractivity contribution is 7.89. The van der Waals surface area contributed by atoms with Crippen LogP contribution in [-0.2, 0) is 16.4 Å². The number of hydrogen-bond donors (Lipinski definition) is 0. The maximum atomic E-state index is 12.7. The standard InChI is InChI=1S/C16H18ClN3O3S/c1-2-12-3-5-15(6-4-12)24(21,22)20-8-7-14(11-20)23-16-18-9-13(17)10-19-16/h3-6,9-10,14H,2,7-8,11H2,1H3. The van der Waals surface area contributed by atoms with E-state index in [-0.39, 0.29) is 18.7 Å². The van der Waals surface area contributed by atoms with E-state index in [1.807, 2.05) is 19.1 Å². The molecule has 0 N–H and O–H groups in total. The van der Waals surface area contributed by atoms with Gasteiger partial charge in [0.05, 0.1) is 28.9 Å². The molecule has 1 aliphatic heterocycles. The molecule has 0 saturated carbocycles. The molecule has 0 aliphatic carbocycles. The SMILES string of the molecule is CCc1ccc(S(=O)(=O)N2CCC(Oc3ncc(Cl)cn3)C2)cc1. The smallest absolute Gasteiger partial charge is 0.316 e. The molecule has 1 saturated heterocycles. The first kappa shape index (κ1) is 17.1. The van der Waals surface area contributed by atoms with Crippen LogP contribution in [0.2, 0.25) is 5.02 Å². The summed E-state index contributed by atoms with van der Waals surface area (Å²) in [6.45, 7) is 2.73. The van der Waals surface area contributed by atoms with Gasteiger partial charge in [0.25, 0.3) is 0 Å². The number of benzene rings is 1. The summed E-state index contributed by atoms with van der Waals surface area (Å²) in [6, 6.07) is 7.21. The predicted molar refractivity (Wildman–Crippen MR) is 90.7 cm³/mol. The molecule has 0 radical (unpaired) electrons. The Hall–Kier alpha value is -1.70. The molecule has 8 heteroatoms. The van der Waals surface area contributed by atoms with E-state index >= 15 is 0 Å². The molecule has 0 spiro atoms. The first-order chi connectivity index (χ1) is 11.5. The minimum atomic E-state index is -3.50. The van der Waals surface area contributed by atoms with Crippen molar-refractivity contribution in [2.45, 2.75) is 30.8 Å². The largest absolute Gasteiger partial charge is 0.459 e. The molecule has 1 atom stereocenters. The number of nitrogens with zero attached hydrogens (tertiary/aromatic N) is 3. The number of halogens is 1. The molecule has 6 nitrogen and oxygen atoms in total. The summed E-state index contributed by atoms with van der Waals surface area (Å²) in [4.78, 5) is 8.25. The minimum Gasteiger partial charge on any atom is -0.459 e. The number of sulfonamides is 1. The molecule has 0 bridgehead atoms. The maximum Gasteiger partial charge on any atom is 0.316 e. The van der Waals surface area contributed by atoms with Crippen molar-refractivity contribution in [3.05, 3.63) is 47.2 Å². The van der Waals surface area contributed by atoms with Crippen molar-refractivity contribution in [2.75, 3.05) is 13.1 Å². The van der Waals surface area contributed by atoms with Crippen molar-refractivity contribution < 1.29 is 13.2 Å². The summed E-state index contributed by atoms with van der Waals surface area (Å²) in [5, 5.41) is 0.425. The molecule has 24 heavy (non-hydrogen) atoms. The van der Waals surface area contributed by atoms with E-state index in [0.717, 1.165) is 12.0 Å². The summed E-state index contributed by atoms with van der Waals surface area (Å²) in [5.41, 5.74) is 1.11. The zero-order chi connectivity index (χ0) is 17.2. The lowest BCUT2D eigenvalue weighted by molar-refractivity contribution is 0.197. The lowest BCUT2D eigenvalue weighted by Gasteiger charge is -2.17. The third-order valence-electron chi connectivity index (χ3n) is 3.95. The van der Waals surface area contributed by atoms with Gasteiger partial charge in [-0.1, -0.05) is 30.7 Å². The van der Waals surface area contributed by atoms with Crippen molar-refractivity contribution in [1.82, 2.24) is 14.3 Å². The van der Waals surface area contributed by atoms with Crippen LogP contribution in [0.5, 0.6) is 6.01 Å². The van der Waals surface area contributed by atoms with Crippen molar-refractivity contribution in [3.8, 4) is 6.01 Å². The van der Waals surface area contributed by atoms with Crippen molar-refractivity contribution in [2.24, 2.45) is 0 Å². The molecule has 128 valence electrons. The fourth-order valence-electron chi connectivity index (χ4n) is 2.57. The monoisotopic (exact) mass is 367 g/mol. The Morgan fingerprint density at radius 1 is 1.25 bits per heavy atom. The Labute approximate surface area is 146 Å². The van der Waals surface area contributed by atoms with E-state index in [4.69, 9.17) is 16.3 Å². The van der Waals surface area contributed by atoms with E-state index in [9.17, 15) is 8.42 Å². The van der Waals surface area contributed by atoms with Crippen LogP contribution < -0.4 is 4.74 Å². The van der Waals surface area contributed by atoms with Gasteiger partial charge in [0.1, 0.15) is 6.10 Å². The third kappa shape index (κ3) is 3.68. The van der Waals surface area contributed by atoms with Gasteiger partial charge in [-0.15, -0.1) is 0 Å². The molecule has 2 heterocycles. The van der Waals surface area contributed by atoms with Gasteiger partial charge in [0, 0.05) is 6.54 Å². The molecule has 2 aromatic rings. The van der Waals surface area contributed by atoms with Crippen LogP contribution >= 0.6 is 11.6 Å². The molecule has 1 aromatic heterocycles. The normalized spacial score (nSPS) is 18.7. The van der Waals surface area contributed by atoms with Gasteiger partial charge in [-0.3, -0.25) is 0 Å². The zero-order valence-electron chi connectivity index (χ0n) is 13.2. The van der Waals surface area contributed by atoms with E-state index in [1.54, 1.807) is 12.1 Å². The van der Waals surface area contributed by atoms with Gasteiger partial charge in [0.15, 0.2) is 0 Å². The molecule has 1 fully saturated rings. The fraction of sp³-hybridized carbons (Fsp3) is 0.375. The summed E-state index contributed by atoms with van der Waals surface area (Å²) >= 11 is 5.73. The predicted octanol–water partition coefficient (Wildman–Crippen LogP) is 2.53. The Morgan fingerprint density at radius 2 is 1.92 bits per heavy atom. The number of ether oxygens (including phenoxy) is 1. The van der Waals surface area contributed by atoms with E-state index in [1.165, 1.54) is 16.7 Å². The number of rotatable bonds is 5.